The monoisotopic (exact) mass is 1040 g/mol. The Morgan fingerprint density at radius 1 is 0.440 bits per heavy atom. The van der Waals surface area contributed by atoms with Crippen LogP contribution in [-0.2, 0) is 42.9 Å². The van der Waals surface area contributed by atoms with Crippen molar-refractivity contribution in [3.05, 3.63) is 134 Å². The number of rotatable bonds is 45. The van der Waals surface area contributed by atoms with E-state index in [1.54, 1.807) is 0 Å². The van der Waals surface area contributed by atoms with Gasteiger partial charge in [0.2, 0.25) is 0 Å². The van der Waals surface area contributed by atoms with Crippen molar-refractivity contribution in [2.45, 2.75) is 225 Å². The average molecular weight is 1050 g/mol. The highest BCUT2D eigenvalue weighted by atomic mass is 16.7. The molecule has 0 aromatic rings. The van der Waals surface area contributed by atoms with Gasteiger partial charge in [0.25, 0.3) is 0 Å². The van der Waals surface area contributed by atoms with Crippen LogP contribution in [-0.4, -0.2) is 89.2 Å². The second kappa shape index (κ2) is 49.7. The zero-order valence-electron chi connectivity index (χ0n) is 46.0. The van der Waals surface area contributed by atoms with Crippen LogP contribution in [0.25, 0.3) is 0 Å². The van der Waals surface area contributed by atoms with Crippen LogP contribution in [0.15, 0.2) is 134 Å². The molecular weight excluding hydrogens is 949 g/mol. The first-order chi connectivity index (χ1) is 36.6. The Bertz CT molecular complexity index is 1810. The molecule has 12 nitrogen and oxygen atoms in total. The summed E-state index contributed by atoms with van der Waals surface area (Å²) in [6.45, 7) is 5.53. The summed E-state index contributed by atoms with van der Waals surface area (Å²) >= 11 is 0. The van der Waals surface area contributed by atoms with Gasteiger partial charge in [0, 0.05) is 19.3 Å². The van der Waals surface area contributed by atoms with Crippen LogP contribution in [0.2, 0.25) is 0 Å². The van der Waals surface area contributed by atoms with Gasteiger partial charge in [-0.05, 0) is 116 Å². The van der Waals surface area contributed by atoms with Crippen molar-refractivity contribution in [2.75, 3.05) is 13.2 Å². The molecule has 12 heteroatoms. The molecule has 1 heterocycles. The van der Waals surface area contributed by atoms with Gasteiger partial charge in [0.15, 0.2) is 24.6 Å². The fourth-order valence-electron chi connectivity index (χ4n) is 7.50. The van der Waals surface area contributed by atoms with Crippen LogP contribution in [0.3, 0.4) is 0 Å². The molecule has 0 aliphatic carbocycles. The minimum atomic E-state index is -1.94. The standard InChI is InChI=1S/C63H96O12/c1-4-7-10-13-16-19-22-25-27-28-30-32-34-37-40-43-46-49-55(64)71-52-54(73-56(65)50-47-44-41-38-35-31-24-21-18-15-12-9-6-3)53-72-63-61(59(68)58(67)60(75-63)62(69)70)74-57(66)51-48-45-42-39-36-33-29-26-23-20-17-14-11-8-5-2/h7-12,16-21,25-27,29,31,35-36,39,41,44,54,58-61,63,67-68H,4-6,13-15,22-24,28,30,32-34,37-38,40,42-43,45-53H2,1-3H3,(H,69,70)/b10-7-,11-8-,12-9-,19-16-,20-17-,21-18-,27-25-,29-26-,35-31-,39-36-,44-41-. The van der Waals surface area contributed by atoms with Crippen LogP contribution < -0.4 is 0 Å². The molecule has 3 N–H and O–H groups in total. The second-order valence-corrected chi connectivity index (χ2v) is 18.4. The number of carboxylic acids is 1. The van der Waals surface area contributed by atoms with E-state index in [1.165, 1.54) is 0 Å². The van der Waals surface area contributed by atoms with Gasteiger partial charge in [-0.2, -0.15) is 0 Å². The first-order valence-corrected chi connectivity index (χ1v) is 28.2. The molecule has 1 aliphatic rings. The van der Waals surface area contributed by atoms with Crippen molar-refractivity contribution in [2.24, 2.45) is 0 Å². The summed E-state index contributed by atoms with van der Waals surface area (Å²) in [4.78, 5) is 51.0. The van der Waals surface area contributed by atoms with E-state index in [0.29, 0.717) is 32.1 Å². The molecule has 0 radical (unpaired) electrons. The summed E-state index contributed by atoms with van der Waals surface area (Å²) in [6.07, 6.45) is 57.3. The van der Waals surface area contributed by atoms with Gasteiger partial charge in [-0.1, -0.05) is 187 Å². The quantitative estimate of drug-likeness (QED) is 0.0228. The number of ether oxygens (including phenoxy) is 5. The van der Waals surface area contributed by atoms with E-state index < -0.39 is 67.3 Å². The molecule has 1 fully saturated rings. The molecule has 1 rings (SSSR count). The summed E-state index contributed by atoms with van der Waals surface area (Å²) in [5.41, 5.74) is 0. The number of aliphatic hydroxyl groups is 2. The van der Waals surface area contributed by atoms with E-state index in [0.717, 1.165) is 116 Å². The molecule has 0 amide bonds. The lowest BCUT2D eigenvalue weighted by molar-refractivity contribution is -0.301. The van der Waals surface area contributed by atoms with E-state index in [1.807, 2.05) is 12.2 Å². The predicted octanol–water partition coefficient (Wildman–Crippen LogP) is 14.2. The van der Waals surface area contributed by atoms with Crippen molar-refractivity contribution in [1.82, 2.24) is 0 Å². The normalized spacial score (nSPS) is 19.2. The fraction of sp³-hybridized carbons (Fsp3) is 0.587. The number of aliphatic carboxylic acids is 1. The van der Waals surface area contributed by atoms with E-state index in [9.17, 15) is 34.5 Å². The number of esters is 3. The molecule has 0 aromatic heterocycles. The van der Waals surface area contributed by atoms with Gasteiger partial charge in [-0.25, -0.2) is 4.79 Å². The lowest BCUT2D eigenvalue weighted by Crippen LogP contribution is -2.61. The van der Waals surface area contributed by atoms with Crippen molar-refractivity contribution in [1.29, 1.82) is 0 Å². The number of unbranched alkanes of at least 4 members (excludes halogenated alkanes) is 9. The largest absolute Gasteiger partial charge is 0.479 e. The number of carbonyl (C=O) groups excluding carboxylic acids is 3. The van der Waals surface area contributed by atoms with Gasteiger partial charge in [0.1, 0.15) is 18.8 Å². The second-order valence-electron chi connectivity index (χ2n) is 18.4. The molecule has 1 saturated heterocycles. The third kappa shape index (κ3) is 39.9. The van der Waals surface area contributed by atoms with E-state index >= 15 is 0 Å². The molecular formula is C63H96O12. The Morgan fingerprint density at radius 2 is 0.827 bits per heavy atom. The number of allylic oxidation sites excluding steroid dienone is 22. The first kappa shape index (κ1) is 67.9. The third-order valence-electron chi connectivity index (χ3n) is 11.7. The molecule has 0 aromatic carbocycles. The zero-order chi connectivity index (χ0) is 54.7. The highest BCUT2D eigenvalue weighted by Crippen LogP contribution is 2.26. The third-order valence-corrected chi connectivity index (χ3v) is 11.7. The van der Waals surface area contributed by atoms with E-state index in [4.69, 9.17) is 23.7 Å². The summed E-state index contributed by atoms with van der Waals surface area (Å²) in [5, 5.41) is 31.4. The SMILES string of the molecule is CC/C=C\C/C=C\C/C=C\C/C=C\CCCCC(=O)OC1C(OCC(COC(=O)CCCCCCCCC/C=C\C/C=C\C/C=C\CC)OC(=O)CC/C=C\C/C=C\C/C=C\C/C=C\CC)OC(C(=O)O)C(O)C1O. The number of carbonyl (C=O) groups is 4. The minimum absolute atomic E-state index is 0.00831. The van der Waals surface area contributed by atoms with Crippen molar-refractivity contribution < 1.29 is 58.2 Å². The Balaban J connectivity index is 2.77. The maximum Gasteiger partial charge on any atom is 0.335 e. The van der Waals surface area contributed by atoms with Crippen LogP contribution in [0.4, 0.5) is 0 Å². The fourth-order valence-corrected chi connectivity index (χ4v) is 7.50. The smallest absolute Gasteiger partial charge is 0.335 e. The van der Waals surface area contributed by atoms with Crippen LogP contribution in [0.5, 0.6) is 0 Å². The molecule has 6 atom stereocenters. The molecule has 6 unspecified atom stereocenters. The Labute approximate surface area is 451 Å². The van der Waals surface area contributed by atoms with E-state index in [-0.39, 0.29) is 25.9 Å². The van der Waals surface area contributed by atoms with Crippen molar-refractivity contribution in [3.8, 4) is 0 Å². The highest BCUT2D eigenvalue weighted by Gasteiger charge is 2.50. The molecule has 420 valence electrons. The van der Waals surface area contributed by atoms with Gasteiger partial charge in [-0.3, -0.25) is 14.4 Å². The lowest BCUT2D eigenvalue weighted by Gasteiger charge is -2.40. The number of carboxylic acid groups (broad SMARTS) is 1. The van der Waals surface area contributed by atoms with Crippen LogP contribution in [0.1, 0.15) is 188 Å². The van der Waals surface area contributed by atoms with Crippen molar-refractivity contribution in [3.63, 3.8) is 0 Å². The first-order valence-electron chi connectivity index (χ1n) is 28.2. The molecule has 1 aliphatic heterocycles. The van der Waals surface area contributed by atoms with E-state index in [2.05, 4.69) is 142 Å². The lowest BCUT2D eigenvalue weighted by atomic mass is 9.98. The number of hydrogen-bond acceptors (Lipinski definition) is 11. The van der Waals surface area contributed by atoms with Crippen molar-refractivity contribution >= 4 is 23.9 Å². The van der Waals surface area contributed by atoms with Crippen LogP contribution >= 0.6 is 0 Å². The number of hydrogen-bond donors (Lipinski definition) is 3. The van der Waals surface area contributed by atoms with Gasteiger partial charge in [0.05, 0.1) is 6.61 Å². The van der Waals surface area contributed by atoms with Gasteiger partial charge < -0.3 is 39.0 Å². The molecule has 75 heavy (non-hydrogen) atoms. The minimum Gasteiger partial charge on any atom is -0.479 e. The topological polar surface area (TPSA) is 175 Å². The Hall–Kier alpha value is -5.14. The Morgan fingerprint density at radius 3 is 1.29 bits per heavy atom. The number of aliphatic hydroxyl groups excluding tert-OH is 2. The molecule has 0 spiro atoms. The van der Waals surface area contributed by atoms with Gasteiger partial charge in [-0.15, -0.1) is 0 Å². The maximum absolute atomic E-state index is 13.1. The highest BCUT2D eigenvalue weighted by molar-refractivity contribution is 5.74. The predicted molar refractivity (Wildman–Crippen MR) is 303 cm³/mol. The summed E-state index contributed by atoms with van der Waals surface area (Å²) in [5.74, 6) is -3.32. The summed E-state index contributed by atoms with van der Waals surface area (Å²) in [6, 6.07) is 0. The summed E-state index contributed by atoms with van der Waals surface area (Å²) < 4.78 is 28.2. The zero-order valence-corrected chi connectivity index (χ0v) is 46.0. The van der Waals surface area contributed by atoms with Gasteiger partial charge >= 0.3 is 23.9 Å². The molecule has 0 bridgehead atoms. The maximum atomic E-state index is 13.1. The molecule has 0 saturated carbocycles. The Kier molecular flexibility index (Phi) is 45.0. The van der Waals surface area contributed by atoms with Crippen LogP contribution in [0, 0.1) is 0 Å². The average Bonchev–Trinajstić information content (AvgIpc) is 3.39. The summed E-state index contributed by atoms with van der Waals surface area (Å²) in [7, 11) is 0.